The first-order valence-electron chi connectivity index (χ1n) is 6.21. The molecule has 0 saturated heterocycles. The SMILES string of the molecule is CO[C@H](C)CS(=O)(=O)N1C[C@H](C(=O)O)c2ccccc21. The predicted molar refractivity (Wildman–Crippen MR) is 74.4 cm³/mol. The minimum Gasteiger partial charge on any atom is -0.481 e. The van der Waals surface area contributed by atoms with Crippen LogP contribution < -0.4 is 4.31 Å². The van der Waals surface area contributed by atoms with Gasteiger partial charge in [0.25, 0.3) is 0 Å². The van der Waals surface area contributed by atoms with Crippen LogP contribution in [-0.2, 0) is 19.6 Å². The molecule has 0 radical (unpaired) electrons. The first-order valence-corrected chi connectivity index (χ1v) is 7.82. The summed E-state index contributed by atoms with van der Waals surface area (Å²) in [5.74, 6) is -2.02. The molecule has 0 fully saturated rings. The highest BCUT2D eigenvalue weighted by Crippen LogP contribution is 2.38. The number of para-hydroxylation sites is 1. The largest absolute Gasteiger partial charge is 0.481 e. The maximum atomic E-state index is 12.4. The summed E-state index contributed by atoms with van der Waals surface area (Å²) in [7, 11) is -2.16. The van der Waals surface area contributed by atoms with Gasteiger partial charge >= 0.3 is 5.97 Å². The average molecular weight is 299 g/mol. The number of carboxylic acid groups (broad SMARTS) is 1. The third kappa shape index (κ3) is 2.64. The Hall–Kier alpha value is -1.60. The van der Waals surface area contributed by atoms with Gasteiger partial charge in [-0.1, -0.05) is 18.2 Å². The molecule has 1 aliphatic heterocycles. The number of rotatable bonds is 5. The van der Waals surface area contributed by atoms with E-state index < -0.39 is 28.0 Å². The van der Waals surface area contributed by atoms with Crippen LogP contribution in [0.1, 0.15) is 18.4 Å². The molecule has 6 nitrogen and oxygen atoms in total. The minimum absolute atomic E-state index is 0.0621. The summed E-state index contributed by atoms with van der Waals surface area (Å²) in [6, 6.07) is 6.70. The Bertz CT molecular complexity index is 613. The number of aliphatic carboxylic acids is 1. The summed E-state index contributed by atoms with van der Waals surface area (Å²) >= 11 is 0. The van der Waals surface area contributed by atoms with Crippen LogP contribution in [-0.4, -0.2) is 45.0 Å². The van der Waals surface area contributed by atoms with Gasteiger partial charge in [0.1, 0.15) is 5.92 Å². The van der Waals surface area contributed by atoms with Crippen molar-refractivity contribution in [2.24, 2.45) is 0 Å². The van der Waals surface area contributed by atoms with Crippen molar-refractivity contribution in [3.63, 3.8) is 0 Å². The normalized spacial score (nSPS) is 19.7. The molecule has 1 N–H and O–H groups in total. The second kappa shape index (κ2) is 5.41. The Morgan fingerprint density at radius 2 is 2.15 bits per heavy atom. The molecule has 0 aliphatic carbocycles. The third-order valence-electron chi connectivity index (χ3n) is 3.41. The van der Waals surface area contributed by atoms with Crippen LogP contribution in [0.2, 0.25) is 0 Å². The number of anilines is 1. The lowest BCUT2D eigenvalue weighted by Crippen LogP contribution is -2.36. The number of nitrogens with zero attached hydrogens (tertiary/aromatic N) is 1. The molecule has 2 atom stereocenters. The molecule has 1 aliphatic rings. The molecule has 7 heteroatoms. The summed E-state index contributed by atoms with van der Waals surface area (Å²) in [6.07, 6.45) is -0.448. The van der Waals surface area contributed by atoms with E-state index in [1.807, 2.05) is 0 Å². The molecule has 0 spiro atoms. The first kappa shape index (κ1) is 14.8. The minimum atomic E-state index is -3.61. The van der Waals surface area contributed by atoms with Crippen molar-refractivity contribution in [1.29, 1.82) is 0 Å². The fourth-order valence-electron chi connectivity index (χ4n) is 2.30. The van der Waals surface area contributed by atoms with Crippen molar-refractivity contribution in [2.75, 3.05) is 23.7 Å². The fraction of sp³-hybridized carbons (Fsp3) is 0.462. The van der Waals surface area contributed by atoms with Crippen LogP contribution in [0.3, 0.4) is 0 Å². The highest BCUT2D eigenvalue weighted by atomic mass is 32.2. The van der Waals surface area contributed by atoms with Crippen molar-refractivity contribution in [3.8, 4) is 0 Å². The molecule has 0 bridgehead atoms. The summed E-state index contributed by atoms with van der Waals surface area (Å²) in [6.45, 7) is 1.60. The van der Waals surface area contributed by atoms with Crippen LogP contribution in [0.15, 0.2) is 24.3 Å². The van der Waals surface area contributed by atoms with Gasteiger partial charge < -0.3 is 9.84 Å². The fourth-order valence-corrected chi connectivity index (χ4v) is 4.05. The topological polar surface area (TPSA) is 83.9 Å². The van der Waals surface area contributed by atoms with Crippen LogP contribution in [0.5, 0.6) is 0 Å². The van der Waals surface area contributed by atoms with Crippen molar-refractivity contribution in [3.05, 3.63) is 29.8 Å². The van der Waals surface area contributed by atoms with Gasteiger partial charge in [-0.15, -0.1) is 0 Å². The highest BCUT2D eigenvalue weighted by molar-refractivity contribution is 7.92. The lowest BCUT2D eigenvalue weighted by molar-refractivity contribution is -0.138. The molecule has 1 aromatic carbocycles. The summed E-state index contributed by atoms with van der Waals surface area (Å²) < 4.78 is 30.9. The second-order valence-corrected chi connectivity index (χ2v) is 6.74. The van der Waals surface area contributed by atoms with Gasteiger partial charge in [-0.3, -0.25) is 9.10 Å². The van der Waals surface area contributed by atoms with Crippen LogP contribution >= 0.6 is 0 Å². The van der Waals surface area contributed by atoms with Gasteiger partial charge in [0.2, 0.25) is 10.0 Å². The zero-order valence-corrected chi connectivity index (χ0v) is 12.1. The van der Waals surface area contributed by atoms with Gasteiger partial charge in [-0.05, 0) is 18.6 Å². The maximum Gasteiger partial charge on any atom is 0.312 e. The second-order valence-electron chi connectivity index (χ2n) is 4.81. The maximum absolute atomic E-state index is 12.4. The number of hydrogen-bond acceptors (Lipinski definition) is 4. The Kier molecular flexibility index (Phi) is 4.01. The van der Waals surface area contributed by atoms with Crippen LogP contribution in [0, 0.1) is 0 Å². The lowest BCUT2D eigenvalue weighted by atomic mass is 10.0. The number of methoxy groups -OCH3 is 1. The Morgan fingerprint density at radius 1 is 1.50 bits per heavy atom. The Balaban J connectivity index is 2.38. The average Bonchev–Trinajstić information content (AvgIpc) is 2.78. The lowest BCUT2D eigenvalue weighted by Gasteiger charge is -2.21. The predicted octanol–water partition coefficient (Wildman–Crippen LogP) is 1.04. The quantitative estimate of drug-likeness (QED) is 0.878. The van der Waals surface area contributed by atoms with E-state index in [4.69, 9.17) is 4.74 Å². The zero-order chi connectivity index (χ0) is 14.9. The van der Waals surface area contributed by atoms with E-state index in [0.717, 1.165) is 0 Å². The van der Waals surface area contributed by atoms with E-state index in [9.17, 15) is 18.3 Å². The number of ether oxygens (including phenoxy) is 1. The molecular weight excluding hydrogens is 282 g/mol. The molecule has 0 amide bonds. The zero-order valence-electron chi connectivity index (χ0n) is 11.3. The summed E-state index contributed by atoms with van der Waals surface area (Å²) in [5.41, 5.74) is 0.983. The molecule has 1 heterocycles. The van der Waals surface area contributed by atoms with E-state index >= 15 is 0 Å². The summed E-state index contributed by atoms with van der Waals surface area (Å²) in [4.78, 5) is 11.3. The van der Waals surface area contributed by atoms with Crippen LogP contribution in [0.4, 0.5) is 5.69 Å². The van der Waals surface area contributed by atoms with Gasteiger partial charge in [-0.25, -0.2) is 8.42 Å². The molecule has 1 aromatic rings. The van der Waals surface area contributed by atoms with Crippen molar-refractivity contribution in [2.45, 2.75) is 18.9 Å². The number of carboxylic acids is 1. The molecule has 2 rings (SSSR count). The number of fused-ring (bicyclic) bond motifs is 1. The Morgan fingerprint density at radius 3 is 2.75 bits per heavy atom. The van der Waals surface area contributed by atoms with Crippen molar-refractivity contribution in [1.82, 2.24) is 0 Å². The standard InChI is InChI=1S/C13H17NO5S/c1-9(19-2)8-20(17,18)14-7-11(13(15)16)10-5-3-4-6-12(10)14/h3-6,9,11H,7-8H2,1-2H3,(H,15,16)/t9-,11+/m1/s1. The van der Waals surface area contributed by atoms with Gasteiger partial charge in [0.05, 0.1) is 24.1 Å². The van der Waals surface area contributed by atoms with Crippen molar-refractivity contribution < 1.29 is 23.1 Å². The number of carbonyl (C=O) groups is 1. The molecular formula is C13H17NO5S. The highest BCUT2D eigenvalue weighted by Gasteiger charge is 2.39. The van der Waals surface area contributed by atoms with E-state index in [1.165, 1.54) is 11.4 Å². The molecule has 0 saturated carbocycles. The van der Waals surface area contributed by atoms with E-state index in [1.54, 1.807) is 31.2 Å². The van der Waals surface area contributed by atoms with Crippen LogP contribution in [0.25, 0.3) is 0 Å². The van der Waals surface area contributed by atoms with E-state index in [-0.39, 0.29) is 12.3 Å². The number of hydrogen-bond donors (Lipinski definition) is 1. The van der Waals surface area contributed by atoms with Gasteiger partial charge in [-0.2, -0.15) is 0 Å². The molecule has 110 valence electrons. The first-order chi connectivity index (χ1) is 9.36. The number of benzene rings is 1. The van der Waals surface area contributed by atoms with Crippen molar-refractivity contribution >= 4 is 21.7 Å². The molecule has 20 heavy (non-hydrogen) atoms. The van der Waals surface area contributed by atoms with Gasteiger partial charge in [0.15, 0.2) is 0 Å². The van der Waals surface area contributed by atoms with E-state index in [2.05, 4.69) is 0 Å². The molecule has 0 unspecified atom stereocenters. The summed E-state index contributed by atoms with van der Waals surface area (Å²) in [5, 5.41) is 9.23. The van der Waals surface area contributed by atoms with E-state index in [0.29, 0.717) is 11.3 Å². The smallest absolute Gasteiger partial charge is 0.312 e. The monoisotopic (exact) mass is 299 g/mol. The third-order valence-corrected chi connectivity index (χ3v) is 5.32. The van der Waals surface area contributed by atoms with Gasteiger partial charge in [0, 0.05) is 7.11 Å². The number of sulfonamides is 1. The Labute approximate surface area is 118 Å². The molecule has 0 aromatic heterocycles.